The van der Waals surface area contributed by atoms with Gasteiger partial charge in [0.15, 0.2) is 0 Å². The molecule has 0 spiro atoms. The van der Waals surface area contributed by atoms with Crippen molar-refractivity contribution in [1.82, 2.24) is 12.4 Å². The number of rotatable bonds is 6. The first-order valence-corrected chi connectivity index (χ1v) is 7.60. The molecule has 0 amide bonds. The van der Waals surface area contributed by atoms with Crippen LogP contribution in [0.1, 0.15) is 0 Å². The molecule has 2 atom stereocenters. The summed E-state index contributed by atoms with van der Waals surface area (Å²) in [6.07, 6.45) is 0. The minimum Gasteiger partial charge on any atom is -0.206 e. The van der Waals surface area contributed by atoms with E-state index in [0.717, 1.165) is 0 Å². The van der Waals surface area contributed by atoms with Gasteiger partial charge in [-0.1, -0.05) is 12.4 Å². The number of nitrogens with one attached hydrogen (secondary N) is 3. The maximum Gasteiger partial charge on any atom is 0.304 e. The summed E-state index contributed by atoms with van der Waals surface area (Å²) in [6.45, 7) is 0. The average Bonchev–Trinajstić information content (AvgIpc) is 1.73. The van der Waals surface area contributed by atoms with Crippen LogP contribution >= 0.6 is 0 Å². The smallest absolute Gasteiger partial charge is 0.206 e. The molecule has 92 valence electrons. The number of hydrogen-bond donors (Lipinski definition) is 3. The summed E-state index contributed by atoms with van der Waals surface area (Å²) in [5.74, 6) is 0. The molecule has 0 saturated carbocycles. The van der Waals surface area contributed by atoms with Crippen LogP contribution in [0.2, 0.25) is 0 Å². The van der Waals surface area contributed by atoms with E-state index in [1.165, 1.54) is 0 Å². The van der Waals surface area contributed by atoms with Crippen molar-refractivity contribution in [3.8, 4) is 0 Å². The Hall–Kier alpha value is -0.0600. The Bertz CT molecular complexity index is 419. The lowest BCUT2D eigenvalue weighted by atomic mass is 13.8. The van der Waals surface area contributed by atoms with E-state index in [-0.39, 0.29) is 0 Å². The Morgan fingerprint density at radius 3 is 1.27 bits per heavy atom. The van der Waals surface area contributed by atoms with Crippen molar-refractivity contribution >= 4 is 43.2 Å². The topological polar surface area (TPSA) is 139 Å². The molecule has 9 nitrogen and oxygen atoms in total. The minimum atomic E-state index is -5.01. The molecule has 2 unspecified atom stereocenters. The van der Waals surface area contributed by atoms with Crippen molar-refractivity contribution in [1.29, 1.82) is 0 Å². The van der Waals surface area contributed by atoms with E-state index in [1.807, 2.05) is 0 Å². The van der Waals surface area contributed by atoms with Crippen LogP contribution in [0.15, 0.2) is 0 Å². The van der Waals surface area contributed by atoms with Crippen molar-refractivity contribution in [2.24, 2.45) is 0 Å². The number of halogens is 2. The molecule has 0 radical (unpaired) electrons. The van der Waals surface area contributed by atoms with Crippen LogP contribution in [-0.2, 0) is 43.2 Å². The van der Waals surface area contributed by atoms with Crippen LogP contribution in [0, 0.1) is 0 Å². The molecule has 0 aliphatic heterocycles. The van der Waals surface area contributed by atoms with Crippen LogP contribution in [-0.4, -0.2) is 25.3 Å². The lowest BCUT2D eigenvalue weighted by Gasteiger charge is -2.03. The van der Waals surface area contributed by atoms with Gasteiger partial charge in [0.1, 0.15) is 0 Å². The molecule has 0 aromatic heterocycles. The van der Waals surface area contributed by atoms with Gasteiger partial charge < -0.3 is 0 Å². The first-order valence-electron chi connectivity index (χ1n) is 2.53. The van der Waals surface area contributed by atoms with E-state index in [1.54, 1.807) is 0 Å². The fraction of sp³-hybridized carbons (Fsp3) is 0. The zero-order valence-electron chi connectivity index (χ0n) is 6.34. The summed E-state index contributed by atoms with van der Waals surface area (Å²) < 4.78 is 86.9. The molecule has 0 bridgehead atoms. The normalized spacial score (nSPS) is 17.2. The maximum absolute atomic E-state index is 11.6. The highest BCUT2D eigenvalue weighted by Gasteiger charge is 2.24. The summed E-state index contributed by atoms with van der Waals surface area (Å²) in [6, 6.07) is 0. The van der Waals surface area contributed by atoms with Gasteiger partial charge in [0.2, 0.25) is 0 Å². The van der Waals surface area contributed by atoms with E-state index < -0.39 is 43.2 Å². The molecular formula is H3F2N3O6S4. The van der Waals surface area contributed by atoms with Crippen molar-refractivity contribution in [3.63, 3.8) is 0 Å². The summed E-state index contributed by atoms with van der Waals surface area (Å²) in [5.41, 5.74) is 0. The predicted molar refractivity (Wildman–Crippen MR) is 45.7 cm³/mol. The largest absolute Gasteiger partial charge is 0.304 e. The highest BCUT2D eigenvalue weighted by molar-refractivity contribution is 8.10. The van der Waals surface area contributed by atoms with Gasteiger partial charge >= 0.3 is 20.4 Å². The average molecular weight is 307 g/mol. The Morgan fingerprint density at radius 2 is 1.07 bits per heavy atom. The third kappa shape index (κ3) is 7.82. The lowest BCUT2D eigenvalue weighted by Crippen LogP contribution is -2.45. The van der Waals surface area contributed by atoms with Gasteiger partial charge in [-0.2, -0.15) is 16.8 Å². The van der Waals surface area contributed by atoms with Crippen LogP contribution in [0.5, 0.6) is 0 Å². The van der Waals surface area contributed by atoms with E-state index in [2.05, 4.69) is 0 Å². The van der Waals surface area contributed by atoms with Gasteiger partial charge in [-0.3, -0.25) is 0 Å². The SMILES string of the molecule is O=S(F)NS(=O)(=O)NS(=O)(=O)NS(=O)F. The Balaban J connectivity index is 4.74. The van der Waals surface area contributed by atoms with Crippen LogP contribution in [0.4, 0.5) is 7.77 Å². The summed E-state index contributed by atoms with van der Waals surface area (Å²) in [5, 5.41) is 0. The van der Waals surface area contributed by atoms with Gasteiger partial charge in [0.05, 0.1) is 0 Å². The summed E-state index contributed by atoms with van der Waals surface area (Å²) in [7, 11) is -10.0. The molecule has 0 aromatic rings. The fourth-order valence-corrected chi connectivity index (χ4v) is 3.77. The molecular weight excluding hydrogens is 304 g/mol. The standard InChI is InChI=1S/F2H3N3O6S4/c1-12(6)3-14(8,9)5-15(10,11)4-13(2)7/h3-5H. The molecule has 15 heteroatoms. The quantitative estimate of drug-likeness (QED) is 0.458. The fourth-order valence-electron chi connectivity index (χ4n) is 0.351. The lowest BCUT2D eigenvalue weighted by molar-refractivity contribution is 0.571. The molecule has 15 heavy (non-hydrogen) atoms. The molecule has 0 fully saturated rings. The van der Waals surface area contributed by atoms with Crippen molar-refractivity contribution in [3.05, 3.63) is 0 Å². The minimum absolute atomic E-state index is 0.651. The third-order valence-electron chi connectivity index (χ3n) is 0.570. The van der Waals surface area contributed by atoms with E-state index in [4.69, 9.17) is 0 Å². The van der Waals surface area contributed by atoms with E-state index >= 15 is 0 Å². The Morgan fingerprint density at radius 1 is 0.800 bits per heavy atom. The molecule has 0 heterocycles. The molecule has 0 saturated heterocycles. The van der Waals surface area contributed by atoms with E-state index in [9.17, 15) is 33.0 Å². The zero-order chi connectivity index (χ0) is 12.3. The highest BCUT2D eigenvalue weighted by atomic mass is 32.3. The van der Waals surface area contributed by atoms with Gasteiger partial charge in [-0.25, -0.2) is 8.42 Å². The second kappa shape index (κ2) is 5.32. The first-order chi connectivity index (χ1) is 6.54. The van der Waals surface area contributed by atoms with Crippen LogP contribution in [0.3, 0.4) is 0 Å². The van der Waals surface area contributed by atoms with Gasteiger partial charge in [-0.15, -0.1) is 7.77 Å². The predicted octanol–water partition coefficient (Wildman–Crippen LogP) is -2.66. The number of hydrogen-bond acceptors (Lipinski definition) is 6. The van der Waals surface area contributed by atoms with Gasteiger partial charge in [0.25, 0.3) is 22.7 Å². The molecule has 0 aliphatic rings. The zero-order valence-corrected chi connectivity index (χ0v) is 9.60. The maximum atomic E-state index is 11.6. The Kier molecular flexibility index (Phi) is 5.30. The summed E-state index contributed by atoms with van der Waals surface area (Å²) >= 11 is -7.09. The second-order valence-corrected chi connectivity index (χ2v) is 6.61. The van der Waals surface area contributed by atoms with Crippen LogP contribution in [0.25, 0.3) is 0 Å². The molecule has 0 aromatic carbocycles. The van der Waals surface area contributed by atoms with Gasteiger partial charge in [0, 0.05) is 0 Å². The molecule has 0 aliphatic carbocycles. The van der Waals surface area contributed by atoms with Crippen molar-refractivity contribution in [2.75, 3.05) is 0 Å². The molecule has 0 rings (SSSR count). The van der Waals surface area contributed by atoms with Crippen molar-refractivity contribution < 1.29 is 33.0 Å². The monoisotopic (exact) mass is 307 g/mol. The first kappa shape index (κ1) is 14.9. The second-order valence-electron chi connectivity index (χ2n) is 1.70. The molecule has 3 N–H and O–H groups in total. The highest BCUT2D eigenvalue weighted by Crippen LogP contribution is 1.88. The van der Waals surface area contributed by atoms with Crippen molar-refractivity contribution in [2.45, 2.75) is 0 Å². The van der Waals surface area contributed by atoms with E-state index in [0.29, 0.717) is 12.4 Å². The summed E-state index contributed by atoms with van der Waals surface area (Å²) in [4.78, 5) is 0. The van der Waals surface area contributed by atoms with Crippen LogP contribution < -0.4 is 12.4 Å². The Labute approximate surface area is 88.8 Å². The third-order valence-corrected chi connectivity index (χ3v) is 5.13. The van der Waals surface area contributed by atoms with Gasteiger partial charge in [-0.05, 0) is 0 Å².